The van der Waals surface area contributed by atoms with Crippen LogP contribution in [0.1, 0.15) is 38.4 Å². The maximum atomic E-state index is 12.7. The topological polar surface area (TPSA) is 72.3 Å². The molecule has 20 heavy (non-hydrogen) atoms. The molecule has 1 aromatic heterocycles. The van der Waals surface area contributed by atoms with Crippen LogP contribution in [0.5, 0.6) is 0 Å². The number of sulfonamides is 1. The molecule has 0 radical (unpaired) electrons. The third-order valence-electron chi connectivity index (χ3n) is 3.76. The first-order valence-corrected chi connectivity index (χ1v) is 8.27. The number of hydrogen-bond acceptors (Lipinski definition) is 4. The Morgan fingerprint density at radius 1 is 1.45 bits per heavy atom. The summed E-state index contributed by atoms with van der Waals surface area (Å²) in [5.41, 5.74) is 0. The van der Waals surface area contributed by atoms with Crippen LogP contribution >= 0.6 is 0 Å². The first-order valence-electron chi connectivity index (χ1n) is 6.83. The quantitative estimate of drug-likeness (QED) is 0.839. The van der Waals surface area contributed by atoms with Crippen LogP contribution in [0.3, 0.4) is 0 Å². The summed E-state index contributed by atoms with van der Waals surface area (Å²) in [6.45, 7) is 3.74. The van der Waals surface area contributed by atoms with Crippen molar-refractivity contribution in [1.82, 2.24) is 13.9 Å². The number of Topliss-reactive ketones (excluding diaryl/α,β-unsaturated/α-hetero) is 1. The molecule has 1 aliphatic rings. The van der Waals surface area contributed by atoms with Crippen molar-refractivity contribution >= 4 is 15.8 Å². The Hall–Kier alpha value is -1.21. The summed E-state index contributed by atoms with van der Waals surface area (Å²) in [6, 6.07) is -0.228. The van der Waals surface area contributed by atoms with E-state index in [0.717, 1.165) is 19.3 Å². The fourth-order valence-corrected chi connectivity index (χ4v) is 4.32. The molecule has 0 aliphatic carbocycles. The predicted molar refractivity (Wildman–Crippen MR) is 74.8 cm³/mol. The van der Waals surface area contributed by atoms with Gasteiger partial charge >= 0.3 is 0 Å². The maximum Gasteiger partial charge on any atom is 0.262 e. The lowest BCUT2D eigenvalue weighted by Crippen LogP contribution is -2.44. The average molecular weight is 299 g/mol. The highest BCUT2D eigenvalue weighted by Gasteiger charge is 2.35. The molecule has 1 fully saturated rings. The minimum Gasteiger partial charge on any atom is -0.337 e. The lowest BCUT2D eigenvalue weighted by atomic mass is 10.0. The molecule has 1 unspecified atom stereocenters. The maximum absolute atomic E-state index is 12.7. The van der Waals surface area contributed by atoms with Gasteiger partial charge in [-0.2, -0.15) is 4.31 Å². The van der Waals surface area contributed by atoms with Gasteiger partial charge in [-0.25, -0.2) is 13.4 Å². The number of rotatable bonds is 4. The van der Waals surface area contributed by atoms with E-state index < -0.39 is 10.0 Å². The van der Waals surface area contributed by atoms with Crippen molar-refractivity contribution in [3.8, 4) is 0 Å². The van der Waals surface area contributed by atoms with Gasteiger partial charge in [0.15, 0.2) is 5.03 Å². The number of ketones is 1. The standard InChI is InChI=1S/C13H21N3O3S/c1-10(17)8-12-6-4-5-7-16(12)20(18,19)13-9-15(3)11(2)14-13/h9,12H,4-8H2,1-3H3. The van der Waals surface area contributed by atoms with E-state index in [-0.39, 0.29) is 23.3 Å². The molecular formula is C13H21N3O3S. The number of aromatic nitrogens is 2. The molecule has 0 bridgehead atoms. The van der Waals surface area contributed by atoms with Crippen LogP contribution in [0.25, 0.3) is 0 Å². The molecular weight excluding hydrogens is 278 g/mol. The highest BCUT2D eigenvalue weighted by molar-refractivity contribution is 7.89. The van der Waals surface area contributed by atoms with Gasteiger partial charge in [0.05, 0.1) is 0 Å². The van der Waals surface area contributed by atoms with Crippen LogP contribution in [0.2, 0.25) is 0 Å². The summed E-state index contributed by atoms with van der Waals surface area (Å²) in [5, 5.41) is 0.0768. The minimum absolute atomic E-state index is 0.0225. The molecule has 0 saturated carbocycles. The number of hydrogen-bond donors (Lipinski definition) is 0. The lowest BCUT2D eigenvalue weighted by molar-refractivity contribution is -0.118. The number of piperidine rings is 1. The zero-order valence-corrected chi connectivity index (χ0v) is 13.0. The number of imidazole rings is 1. The van der Waals surface area contributed by atoms with Crippen LogP contribution in [-0.4, -0.2) is 40.6 Å². The van der Waals surface area contributed by atoms with Gasteiger partial charge in [-0.15, -0.1) is 0 Å². The fraction of sp³-hybridized carbons (Fsp3) is 0.692. The zero-order chi connectivity index (χ0) is 14.9. The first kappa shape index (κ1) is 15.2. The lowest BCUT2D eigenvalue weighted by Gasteiger charge is -2.33. The number of nitrogens with zero attached hydrogens (tertiary/aromatic N) is 3. The summed E-state index contributed by atoms with van der Waals surface area (Å²) in [7, 11) is -1.84. The van der Waals surface area contributed by atoms with Gasteiger partial charge in [0, 0.05) is 32.3 Å². The first-order chi connectivity index (χ1) is 9.32. The van der Waals surface area contributed by atoms with Crippen molar-refractivity contribution in [2.45, 2.75) is 50.6 Å². The van der Waals surface area contributed by atoms with E-state index in [1.54, 1.807) is 18.5 Å². The Bertz CT molecular complexity index is 587. The molecule has 0 spiro atoms. The second-order valence-corrected chi connectivity index (χ2v) is 7.25. The summed E-state index contributed by atoms with van der Waals surface area (Å²) in [5.74, 6) is 0.679. The monoisotopic (exact) mass is 299 g/mol. The van der Waals surface area contributed by atoms with Crippen LogP contribution in [0.15, 0.2) is 11.2 Å². The third kappa shape index (κ3) is 2.93. The van der Waals surface area contributed by atoms with Gasteiger partial charge in [0.2, 0.25) is 0 Å². The van der Waals surface area contributed by atoms with Gasteiger partial charge in [-0.1, -0.05) is 6.42 Å². The Balaban J connectivity index is 2.32. The summed E-state index contributed by atoms with van der Waals surface area (Å²) >= 11 is 0. The van der Waals surface area contributed by atoms with Gasteiger partial charge in [-0.3, -0.25) is 4.79 Å². The van der Waals surface area contributed by atoms with Crippen LogP contribution < -0.4 is 0 Å². The fourth-order valence-electron chi connectivity index (χ4n) is 2.60. The molecule has 2 rings (SSSR count). The number of carbonyl (C=O) groups is 1. The highest BCUT2D eigenvalue weighted by Crippen LogP contribution is 2.26. The smallest absolute Gasteiger partial charge is 0.262 e. The Morgan fingerprint density at radius 3 is 2.70 bits per heavy atom. The van der Waals surface area contributed by atoms with Gasteiger partial charge in [0.1, 0.15) is 11.6 Å². The second kappa shape index (κ2) is 5.65. The van der Waals surface area contributed by atoms with Crippen molar-refractivity contribution in [3.63, 3.8) is 0 Å². The molecule has 1 aromatic rings. The average Bonchev–Trinajstić information content (AvgIpc) is 2.70. The summed E-state index contributed by atoms with van der Waals surface area (Å²) in [4.78, 5) is 15.5. The molecule has 1 saturated heterocycles. The molecule has 1 atom stereocenters. The van der Waals surface area contributed by atoms with Crippen molar-refractivity contribution in [2.75, 3.05) is 6.54 Å². The molecule has 1 aliphatic heterocycles. The molecule has 0 aromatic carbocycles. The Labute approximate surface area is 119 Å². The number of carbonyl (C=O) groups excluding carboxylic acids is 1. The van der Waals surface area contributed by atoms with Gasteiger partial charge in [-0.05, 0) is 26.7 Å². The molecule has 0 N–H and O–H groups in total. The summed E-state index contributed by atoms with van der Waals surface area (Å²) in [6.07, 6.45) is 4.35. The van der Waals surface area contributed by atoms with Crippen LogP contribution in [0.4, 0.5) is 0 Å². The van der Waals surface area contributed by atoms with E-state index in [2.05, 4.69) is 4.98 Å². The van der Waals surface area contributed by atoms with E-state index >= 15 is 0 Å². The van der Waals surface area contributed by atoms with Crippen molar-refractivity contribution < 1.29 is 13.2 Å². The molecule has 0 amide bonds. The zero-order valence-electron chi connectivity index (χ0n) is 12.2. The van der Waals surface area contributed by atoms with E-state index in [1.165, 1.54) is 17.4 Å². The van der Waals surface area contributed by atoms with Crippen molar-refractivity contribution in [2.24, 2.45) is 7.05 Å². The van der Waals surface area contributed by atoms with E-state index in [4.69, 9.17) is 0 Å². The van der Waals surface area contributed by atoms with E-state index in [1.807, 2.05) is 0 Å². The van der Waals surface area contributed by atoms with Crippen LogP contribution in [0, 0.1) is 6.92 Å². The third-order valence-corrected chi connectivity index (χ3v) is 5.58. The molecule has 7 heteroatoms. The SMILES string of the molecule is CC(=O)CC1CCCCN1S(=O)(=O)c1cn(C)c(C)n1. The normalized spacial score (nSPS) is 21.1. The van der Waals surface area contributed by atoms with E-state index in [0.29, 0.717) is 12.4 Å². The second-order valence-electron chi connectivity index (χ2n) is 5.41. The van der Waals surface area contributed by atoms with Gasteiger partial charge in [0.25, 0.3) is 10.0 Å². The van der Waals surface area contributed by atoms with Crippen LogP contribution in [-0.2, 0) is 21.9 Å². The van der Waals surface area contributed by atoms with Crippen molar-refractivity contribution in [3.05, 3.63) is 12.0 Å². The Kier molecular flexibility index (Phi) is 4.29. The molecule has 112 valence electrons. The summed E-state index contributed by atoms with van der Waals surface area (Å²) < 4.78 is 28.5. The molecule has 6 nitrogen and oxygen atoms in total. The Morgan fingerprint density at radius 2 is 2.15 bits per heavy atom. The highest BCUT2D eigenvalue weighted by atomic mass is 32.2. The predicted octanol–water partition coefficient (Wildman–Crippen LogP) is 1.25. The minimum atomic E-state index is -3.61. The molecule has 2 heterocycles. The van der Waals surface area contributed by atoms with E-state index in [9.17, 15) is 13.2 Å². The van der Waals surface area contributed by atoms with Crippen molar-refractivity contribution in [1.29, 1.82) is 0 Å². The van der Waals surface area contributed by atoms with Gasteiger partial charge < -0.3 is 4.57 Å². The largest absolute Gasteiger partial charge is 0.337 e. The number of aryl methyl sites for hydroxylation is 2.